The molecule has 0 amide bonds. The third-order valence-corrected chi connectivity index (χ3v) is 3.73. The van der Waals surface area contributed by atoms with Crippen molar-refractivity contribution in [2.45, 2.75) is 19.6 Å². The summed E-state index contributed by atoms with van der Waals surface area (Å²) in [5, 5.41) is 0. The first-order valence-corrected chi connectivity index (χ1v) is 7.52. The first-order valence-electron chi connectivity index (χ1n) is 7.52. The Labute approximate surface area is 137 Å². The van der Waals surface area contributed by atoms with E-state index in [1.54, 1.807) is 36.4 Å². The van der Waals surface area contributed by atoms with Crippen LogP contribution in [0.15, 0.2) is 48.5 Å². The monoisotopic (exact) mass is 314 g/mol. The standard InChI is InChI=1S/C19H22O4/c1-5-23-17-12-10-16(11-13-17)19(21-3,22-4)18(20)15-8-6-14(2)7-9-15/h6-13H,5H2,1-4H3. The average Bonchev–Trinajstić information content (AvgIpc) is 2.58. The van der Waals surface area contributed by atoms with E-state index in [0.717, 1.165) is 11.3 Å². The van der Waals surface area contributed by atoms with Gasteiger partial charge in [0.15, 0.2) is 0 Å². The van der Waals surface area contributed by atoms with E-state index in [-0.39, 0.29) is 5.78 Å². The Bertz CT molecular complexity index is 640. The predicted molar refractivity (Wildman–Crippen MR) is 88.8 cm³/mol. The zero-order valence-corrected chi connectivity index (χ0v) is 14.0. The molecule has 0 atom stereocenters. The number of aryl methyl sites for hydroxylation is 1. The number of ketones is 1. The van der Waals surface area contributed by atoms with E-state index in [1.807, 2.05) is 26.0 Å². The fourth-order valence-electron chi connectivity index (χ4n) is 2.47. The zero-order chi connectivity index (χ0) is 16.9. The van der Waals surface area contributed by atoms with Crippen molar-refractivity contribution in [2.75, 3.05) is 20.8 Å². The van der Waals surface area contributed by atoms with Gasteiger partial charge >= 0.3 is 0 Å². The van der Waals surface area contributed by atoms with Crippen molar-refractivity contribution in [3.05, 3.63) is 65.2 Å². The highest BCUT2D eigenvalue weighted by atomic mass is 16.7. The van der Waals surface area contributed by atoms with Gasteiger partial charge in [0.05, 0.1) is 6.61 Å². The van der Waals surface area contributed by atoms with Crippen molar-refractivity contribution in [1.29, 1.82) is 0 Å². The molecule has 0 unspecified atom stereocenters. The second-order valence-corrected chi connectivity index (χ2v) is 5.18. The molecule has 0 saturated heterocycles. The Hall–Kier alpha value is -2.17. The zero-order valence-electron chi connectivity index (χ0n) is 14.0. The maximum atomic E-state index is 13.0. The lowest BCUT2D eigenvalue weighted by Crippen LogP contribution is -2.40. The first kappa shape index (κ1) is 17.2. The SMILES string of the molecule is CCOc1ccc(C(OC)(OC)C(=O)c2ccc(C)cc2)cc1. The third-order valence-electron chi connectivity index (χ3n) is 3.73. The van der Waals surface area contributed by atoms with Gasteiger partial charge in [-0.3, -0.25) is 4.79 Å². The molecule has 0 N–H and O–H groups in total. The Morgan fingerprint density at radius 3 is 2.00 bits per heavy atom. The molecular formula is C19H22O4. The molecule has 0 saturated carbocycles. The van der Waals surface area contributed by atoms with Crippen molar-refractivity contribution in [2.24, 2.45) is 0 Å². The van der Waals surface area contributed by atoms with Crippen LogP contribution >= 0.6 is 0 Å². The maximum absolute atomic E-state index is 13.0. The highest BCUT2D eigenvalue weighted by Gasteiger charge is 2.41. The molecule has 2 aromatic carbocycles. The fraction of sp³-hybridized carbons (Fsp3) is 0.316. The van der Waals surface area contributed by atoms with Crippen LogP contribution in [0.2, 0.25) is 0 Å². The molecule has 0 heterocycles. The highest BCUT2D eigenvalue weighted by molar-refractivity contribution is 6.02. The largest absolute Gasteiger partial charge is 0.494 e. The molecule has 4 heteroatoms. The van der Waals surface area contributed by atoms with Crippen molar-refractivity contribution < 1.29 is 19.0 Å². The number of benzene rings is 2. The van der Waals surface area contributed by atoms with Crippen molar-refractivity contribution in [3.63, 3.8) is 0 Å². The molecule has 4 nitrogen and oxygen atoms in total. The van der Waals surface area contributed by atoms with Gasteiger partial charge in [0.1, 0.15) is 5.75 Å². The second-order valence-electron chi connectivity index (χ2n) is 5.18. The smallest absolute Gasteiger partial charge is 0.260 e. The van der Waals surface area contributed by atoms with Crippen molar-refractivity contribution in [3.8, 4) is 5.75 Å². The molecule has 0 fully saturated rings. The van der Waals surface area contributed by atoms with E-state index in [4.69, 9.17) is 14.2 Å². The van der Waals surface area contributed by atoms with E-state index >= 15 is 0 Å². The summed E-state index contributed by atoms with van der Waals surface area (Å²) in [7, 11) is 2.93. The number of methoxy groups -OCH3 is 2. The van der Waals surface area contributed by atoms with Gasteiger partial charge in [-0.25, -0.2) is 0 Å². The van der Waals surface area contributed by atoms with Gasteiger partial charge in [-0.1, -0.05) is 29.8 Å². The lowest BCUT2D eigenvalue weighted by molar-refractivity contribution is -0.176. The minimum absolute atomic E-state index is 0.244. The van der Waals surface area contributed by atoms with Crippen molar-refractivity contribution in [1.82, 2.24) is 0 Å². The first-order chi connectivity index (χ1) is 11.1. The van der Waals surface area contributed by atoms with Gasteiger partial charge in [0.25, 0.3) is 5.79 Å². The van der Waals surface area contributed by atoms with Crippen LogP contribution in [0, 0.1) is 6.92 Å². The molecule has 2 aromatic rings. The molecule has 0 radical (unpaired) electrons. The number of rotatable bonds is 7. The molecule has 122 valence electrons. The molecular weight excluding hydrogens is 292 g/mol. The summed E-state index contributed by atoms with van der Waals surface area (Å²) < 4.78 is 16.4. The van der Waals surface area contributed by atoms with Crippen LogP contribution in [0.1, 0.15) is 28.4 Å². The Kier molecular flexibility index (Phi) is 5.53. The van der Waals surface area contributed by atoms with E-state index in [2.05, 4.69) is 0 Å². The normalized spacial score (nSPS) is 11.3. The second kappa shape index (κ2) is 7.40. The summed E-state index contributed by atoms with van der Waals surface area (Å²) in [5.74, 6) is -0.980. The van der Waals surface area contributed by atoms with Crippen LogP contribution in [0.5, 0.6) is 5.75 Å². The van der Waals surface area contributed by atoms with Gasteiger partial charge in [-0.2, -0.15) is 0 Å². The fourth-order valence-corrected chi connectivity index (χ4v) is 2.47. The molecule has 0 aromatic heterocycles. The van der Waals surface area contributed by atoms with Crippen LogP contribution in [-0.4, -0.2) is 26.6 Å². The summed E-state index contributed by atoms with van der Waals surface area (Å²) in [5.41, 5.74) is 2.24. The Balaban J connectivity index is 2.41. The van der Waals surface area contributed by atoms with Gasteiger partial charge in [0, 0.05) is 25.3 Å². The lowest BCUT2D eigenvalue weighted by atomic mass is 9.95. The van der Waals surface area contributed by atoms with Gasteiger partial charge in [-0.05, 0) is 38.1 Å². The van der Waals surface area contributed by atoms with Gasteiger partial charge in [0.2, 0.25) is 5.78 Å². The quantitative estimate of drug-likeness (QED) is 0.577. The van der Waals surface area contributed by atoms with Crippen LogP contribution in [0.25, 0.3) is 0 Å². The summed E-state index contributed by atoms with van der Waals surface area (Å²) in [6, 6.07) is 14.5. The van der Waals surface area contributed by atoms with Gasteiger partial charge < -0.3 is 14.2 Å². The topological polar surface area (TPSA) is 44.8 Å². The number of hydrogen-bond donors (Lipinski definition) is 0. The minimum atomic E-state index is -1.47. The number of ether oxygens (including phenoxy) is 3. The molecule has 0 aliphatic rings. The van der Waals surface area contributed by atoms with Gasteiger partial charge in [-0.15, -0.1) is 0 Å². The van der Waals surface area contributed by atoms with Crippen LogP contribution in [0.4, 0.5) is 0 Å². The molecule has 0 aliphatic heterocycles. The molecule has 0 bridgehead atoms. The summed E-state index contributed by atoms with van der Waals surface area (Å²) in [6.45, 7) is 4.48. The van der Waals surface area contributed by atoms with E-state index in [0.29, 0.717) is 17.7 Å². The number of carbonyl (C=O) groups excluding carboxylic acids is 1. The van der Waals surface area contributed by atoms with Crippen LogP contribution in [-0.2, 0) is 15.3 Å². The molecule has 0 spiro atoms. The van der Waals surface area contributed by atoms with Crippen LogP contribution < -0.4 is 4.74 Å². The molecule has 0 aliphatic carbocycles. The van der Waals surface area contributed by atoms with E-state index in [9.17, 15) is 4.79 Å². The summed E-state index contributed by atoms with van der Waals surface area (Å²) >= 11 is 0. The Morgan fingerprint density at radius 2 is 1.52 bits per heavy atom. The van der Waals surface area contributed by atoms with Crippen LogP contribution in [0.3, 0.4) is 0 Å². The third kappa shape index (κ3) is 3.44. The van der Waals surface area contributed by atoms with Crippen molar-refractivity contribution >= 4 is 5.78 Å². The van der Waals surface area contributed by atoms with E-state index < -0.39 is 5.79 Å². The summed E-state index contributed by atoms with van der Waals surface area (Å²) in [4.78, 5) is 13.0. The number of hydrogen-bond acceptors (Lipinski definition) is 4. The number of Topliss-reactive ketones (excluding diaryl/α,β-unsaturated/α-hetero) is 1. The van der Waals surface area contributed by atoms with E-state index in [1.165, 1.54) is 14.2 Å². The Morgan fingerprint density at radius 1 is 0.957 bits per heavy atom. The lowest BCUT2D eigenvalue weighted by Gasteiger charge is -2.30. The number of carbonyl (C=O) groups is 1. The maximum Gasteiger partial charge on any atom is 0.260 e. The highest BCUT2D eigenvalue weighted by Crippen LogP contribution is 2.31. The molecule has 23 heavy (non-hydrogen) atoms. The average molecular weight is 314 g/mol. The summed E-state index contributed by atoms with van der Waals surface area (Å²) in [6.07, 6.45) is 0. The minimum Gasteiger partial charge on any atom is -0.494 e. The predicted octanol–water partition coefficient (Wildman–Crippen LogP) is 3.72. The molecule has 2 rings (SSSR count).